The van der Waals surface area contributed by atoms with E-state index in [0.29, 0.717) is 11.5 Å². The smallest absolute Gasteiger partial charge is 0.406 e. The third-order valence-corrected chi connectivity index (χ3v) is 2.42. The molecule has 0 bridgehead atoms. The second-order valence-corrected chi connectivity index (χ2v) is 3.79. The Balaban J connectivity index is 2.29. The van der Waals surface area contributed by atoms with Gasteiger partial charge in [-0.25, -0.2) is 0 Å². The zero-order valence-corrected chi connectivity index (χ0v) is 8.47. The van der Waals surface area contributed by atoms with Gasteiger partial charge in [0.15, 0.2) is 0 Å². The van der Waals surface area contributed by atoms with Crippen LogP contribution in [0.2, 0.25) is 0 Å². The van der Waals surface area contributed by atoms with E-state index >= 15 is 0 Å². The Kier molecular flexibility index (Phi) is 2.66. The summed E-state index contributed by atoms with van der Waals surface area (Å²) in [5, 5.41) is 0. The molecule has 0 unspecified atom stereocenters. The molecule has 0 aromatic heterocycles. The van der Waals surface area contributed by atoms with Crippen LogP contribution in [-0.4, -0.2) is 6.36 Å². The second kappa shape index (κ2) is 3.85. The number of ether oxygens (including phenoxy) is 1. The lowest BCUT2D eigenvalue weighted by Gasteiger charge is -2.11. The average molecular weight is 227 g/mol. The highest BCUT2D eigenvalue weighted by atomic mass is 19.4. The largest absolute Gasteiger partial charge is 0.573 e. The Hall–Kier alpha value is -1.45. The molecule has 1 saturated carbocycles. The summed E-state index contributed by atoms with van der Waals surface area (Å²) in [4.78, 5) is 0. The summed E-state index contributed by atoms with van der Waals surface area (Å²) < 4.78 is 40.1. The van der Waals surface area contributed by atoms with Gasteiger partial charge in [-0.05, 0) is 48.1 Å². The Labute approximate surface area is 91.5 Å². The van der Waals surface area contributed by atoms with E-state index in [0.717, 1.165) is 18.4 Å². The van der Waals surface area contributed by atoms with E-state index in [-0.39, 0.29) is 5.75 Å². The lowest BCUT2D eigenvalue weighted by Crippen LogP contribution is -2.17. The summed E-state index contributed by atoms with van der Waals surface area (Å²) in [6, 6.07) is 4.52. The standard InChI is InChI=1S/C12H10F3O/c1-2-8-5-10(9-3-4-9)7-11(6-8)16-12(13,14)15/h5-7,9H,1,3-4H2. The topological polar surface area (TPSA) is 9.23 Å². The molecule has 1 aliphatic carbocycles. The molecular formula is C12H10F3O. The van der Waals surface area contributed by atoms with Crippen molar-refractivity contribution in [3.63, 3.8) is 0 Å². The number of alkyl halides is 3. The van der Waals surface area contributed by atoms with Gasteiger partial charge in [0, 0.05) is 0 Å². The molecule has 0 saturated heterocycles. The number of hydrogen-bond donors (Lipinski definition) is 0. The molecule has 0 heterocycles. The summed E-state index contributed by atoms with van der Waals surface area (Å²) in [6.07, 6.45) is -0.0336. The van der Waals surface area contributed by atoms with E-state index in [1.807, 2.05) is 0 Å². The Bertz CT molecular complexity index is 405. The van der Waals surface area contributed by atoms with Gasteiger partial charge in [0.25, 0.3) is 0 Å². The molecule has 0 aliphatic heterocycles. The molecule has 85 valence electrons. The maximum atomic E-state index is 12.1. The van der Waals surface area contributed by atoms with Gasteiger partial charge in [-0.1, -0.05) is 12.6 Å². The highest BCUT2D eigenvalue weighted by molar-refractivity contribution is 5.40. The average Bonchev–Trinajstić information content (AvgIpc) is 2.97. The van der Waals surface area contributed by atoms with Crippen molar-refractivity contribution >= 4 is 0 Å². The first-order valence-electron chi connectivity index (χ1n) is 4.92. The molecule has 1 radical (unpaired) electrons. The minimum atomic E-state index is -4.65. The fraction of sp³-hybridized carbons (Fsp3) is 0.333. The SMILES string of the molecule is C=[C]c1cc(OC(F)(F)F)cc(C2CC2)c1. The molecule has 4 heteroatoms. The van der Waals surface area contributed by atoms with Gasteiger partial charge in [-0.15, -0.1) is 13.2 Å². The van der Waals surface area contributed by atoms with Crippen molar-refractivity contribution in [1.82, 2.24) is 0 Å². The fourth-order valence-corrected chi connectivity index (χ4v) is 1.57. The predicted molar refractivity (Wildman–Crippen MR) is 53.1 cm³/mol. The van der Waals surface area contributed by atoms with E-state index in [4.69, 9.17) is 0 Å². The maximum Gasteiger partial charge on any atom is 0.573 e. The lowest BCUT2D eigenvalue weighted by atomic mass is 10.1. The molecule has 2 rings (SSSR count). The minimum absolute atomic E-state index is 0.192. The van der Waals surface area contributed by atoms with Crippen molar-refractivity contribution in [2.45, 2.75) is 25.1 Å². The molecule has 0 spiro atoms. The van der Waals surface area contributed by atoms with Crippen LogP contribution >= 0.6 is 0 Å². The van der Waals surface area contributed by atoms with Crippen LogP contribution in [0.3, 0.4) is 0 Å². The minimum Gasteiger partial charge on any atom is -0.406 e. The van der Waals surface area contributed by atoms with E-state index < -0.39 is 6.36 Å². The maximum absolute atomic E-state index is 12.1. The first-order chi connectivity index (χ1) is 7.48. The van der Waals surface area contributed by atoms with Gasteiger partial charge in [-0.3, -0.25) is 0 Å². The molecule has 1 nitrogen and oxygen atoms in total. The summed E-state index contributed by atoms with van der Waals surface area (Å²) in [7, 11) is 0. The van der Waals surface area contributed by atoms with E-state index in [9.17, 15) is 13.2 Å². The summed E-state index contributed by atoms with van der Waals surface area (Å²) in [5.41, 5.74) is 1.40. The zero-order valence-electron chi connectivity index (χ0n) is 8.47. The third-order valence-electron chi connectivity index (χ3n) is 2.42. The van der Waals surface area contributed by atoms with Gasteiger partial charge in [0.2, 0.25) is 0 Å². The Morgan fingerprint density at radius 2 is 1.94 bits per heavy atom. The third kappa shape index (κ3) is 2.78. The van der Waals surface area contributed by atoms with Gasteiger partial charge in [0.1, 0.15) is 5.75 Å². The van der Waals surface area contributed by atoms with Gasteiger partial charge >= 0.3 is 6.36 Å². The summed E-state index contributed by atoms with van der Waals surface area (Å²) >= 11 is 0. The van der Waals surface area contributed by atoms with E-state index in [1.54, 1.807) is 6.07 Å². The number of hydrogen-bond acceptors (Lipinski definition) is 1. The number of halogens is 3. The van der Waals surface area contributed by atoms with Crippen molar-refractivity contribution in [2.75, 3.05) is 0 Å². The molecule has 0 atom stereocenters. The highest BCUT2D eigenvalue weighted by Gasteiger charge is 2.32. The van der Waals surface area contributed by atoms with Crippen LogP contribution in [0.1, 0.15) is 29.9 Å². The van der Waals surface area contributed by atoms with Crippen molar-refractivity contribution in [1.29, 1.82) is 0 Å². The van der Waals surface area contributed by atoms with Crippen LogP contribution < -0.4 is 4.74 Å². The predicted octanol–water partition coefficient (Wildman–Crippen LogP) is 3.80. The van der Waals surface area contributed by atoms with Gasteiger partial charge < -0.3 is 4.74 Å². The molecular weight excluding hydrogens is 217 g/mol. The van der Waals surface area contributed by atoms with E-state index in [2.05, 4.69) is 17.4 Å². The lowest BCUT2D eigenvalue weighted by molar-refractivity contribution is -0.274. The van der Waals surface area contributed by atoms with Crippen LogP contribution in [-0.2, 0) is 0 Å². The Morgan fingerprint density at radius 3 is 2.44 bits per heavy atom. The molecule has 0 N–H and O–H groups in total. The fourth-order valence-electron chi connectivity index (χ4n) is 1.57. The summed E-state index contributed by atoms with van der Waals surface area (Å²) in [5.74, 6) is 0.173. The molecule has 1 fully saturated rings. The molecule has 1 aromatic carbocycles. The quantitative estimate of drug-likeness (QED) is 0.763. The molecule has 16 heavy (non-hydrogen) atoms. The van der Waals surface area contributed by atoms with Crippen molar-refractivity contribution in [2.24, 2.45) is 0 Å². The van der Waals surface area contributed by atoms with Gasteiger partial charge in [-0.2, -0.15) is 0 Å². The van der Waals surface area contributed by atoms with E-state index in [1.165, 1.54) is 12.1 Å². The van der Waals surface area contributed by atoms with Crippen LogP contribution in [0.4, 0.5) is 13.2 Å². The van der Waals surface area contributed by atoms with Crippen molar-refractivity contribution in [3.8, 4) is 5.75 Å². The second-order valence-electron chi connectivity index (χ2n) is 3.79. The van der Waals surface area contributed by atoms with Crippen LogP contribution in [0.5, 0.6) is 5.75 Å². The number of rotatable bonds is 3. The molecule has 0 amide bonds. The normalized spacial score (nSPS) is 15.9. The van der Waals surface area contributed by atoms with Crippen LogP contribution in [0, 0.1) is 6.08 Å². The zero-order chi connectivity index (χ0) is 11.8. The Morgan fingerprint density at radius 1 is 1.25 bits per heavy atom. The monoisotopic (exact) mass is 227 g/mol. The van der Waals surface area contributed by atoms with Crippen LogP contribution in [0.15, 0.2) is 24.8 Å². The number of benzene rings is 1. The molecule has 1 aliphatic rings. The first kappa shape index (κ1) is 11.0. The summed E-state index contributed by atoms with van der Waals surface area (Å²) in [6.45, 7) is 3.43. The molecule has 1 aromatic rings. The highest BCUT2D eigenvalue weighted by Crippen LogP contribution is 2.42. The van der Waals surface area contributed by atoms with Gasteiger partial charge in [0.05, 0.1) is 0 Å². The van der Waals surface area contributed by atoms with Crippen molar-refractivity contribution in [3.05, 3.63) is 42.0 Å². The van der Waals surface area contributed by atoms with Crippen LogP contribution in [0.25, 0.3) is 0 Å². The van der Waals surface area contributed by atoms with Crippen molar-refractivity contribution < 1.29 is 17.9 Å². The first-order valence-corrected chi connectivity index (χ1v) is 4.92.